The van der Waals surface area contributed by atoms with Gasteiger partial charge in [0.05, 0.1) is 30.4 Å². The zero-order valence-electron chi connectivity index (χ0n) is 15.1. The van der Waals surface area contributed by atoms with Gasteiger partial charge in [-0.3, -0.25) is 9.88 Å². The molecule has 0 radical (unpaired) electrons. The van der Waals surface area contributed by atoms with Crippen molar-refractivity contribution in [2.75, 3.05) is 26.2 Å². The predicted octanol–water partition coefficient (Wildman–Crippen LogP) is 3.90. The topological polar surface area (TPSA) is 38.2 Å². The van der Waals surface area contributed by atoms with Crippen molar-refractivity contribution in [3.05, 3.63) is 84.1 Å². The monoisotopic (exact) mass is 363 g/mol. The number of halogens is 1. The molecule has 0 amide bonds. The number of hydrogen-bond donors (Lipinski definition) is 0. The van der Waals surface area contributed by atoms with Crippen LogP contribution in [0.3, 0.4) is 0 Å². The molecule has 3 aromatic rings. The average molecular weight is 363 g/mol. The first kappa shape index (κ1) is 17.8. The lowest BCUT2D eigenvalue weighted by molar-refractivity contribution is -0.0317. The van der Waals surface area contributed by atoms with Gasteiger partial charge in [0.2, 0.25) is 0 Å². The van der Waals surface area contributed by atoms with Crippen molar-refractivity contribution in [1.29, 1.82) is 0 Å². The van der Waals surface area contributed by atoms with E-state index in [0.717, 1.165) is 31.7 Å². The second-order valence-electron chi connectivity index (χ2n) is 6.70. The van der Waals surface area contributed by atoms with E-state index in [-0.39, 0.29) is 11.9 Å². The minimum absolute atomic E-state index is 0.145. The van der Waals surface area contributed by atoms with Gasteiger partial charge in [0.15, 0.2) is 0 Å². The van der Waals surface area contributed by atoms with Gasteiger partial charge in [0, 0.05) is 25.2 Å². The van der Waals surface area contributed by atoms with Crippen LogP contribution < -0.4 is 0 Å². The third kappa shape index (κ3) is 4.38. The van der Waals surface area contributed by atoms with Crippen LogP contribution in [0, 0.1) is 5.82 Å². The molecule has 4 nitrogen and oxygen atoms in total. The highest BCUT2D eigenvalue weighted by Crippen LogP contribution is 2.24. The SMILES string of the molecule is Fc1ccccc1-c1cncc([C@@H]2CN(CCc3ccccc3)CCO2)n1. The van der Waals surface area contributed by atoms with Crippen molar-refractivity contribution in [3.8, 4) is 11.3 Å². The van der Waals surface area contributed by atoms with Crippen molar-refractivity contribution < 1.29 is 9.13 Å². The van der Waals surface area contributed by atoms with E-state index >= 15 is 0 Å². The van der Waals surface area contributed by atoms with Gasteiger partial charge in [-0.15, -0.1) is 0 Å². The minimum Gasteiger partial charge on any atom is -0.369 e. The average Bonchev–Trinajstić information content (AvgIpc) is 2.74. The van der Waals surface area contributed by atoms with E-state index in [1.165, 1.54) is 11.6 Å². The van der Waals surface area contributed by atoms with Crippen LogP contribution in [0.4, 0.5) is 4.39 Å². The second kappa shape index (κ2) is 8.37. The number of benzene rings is 2. The molecule has 138 valence electrons. The molecule has 4 rings (SSSR count). The summed E-state index contributed by atoms with van der Waals surface area (Å²) in [6.45, 7) is 3.31. The van der Waals surface area contributed by atoms with Crippen molar-refractivity contribution >= 4 is 0 Å². The van der Waals surface area contributed by atoms with Crippen LogP contribution in [0.15, 0.2) is 67.0 Å². The first-order chi connectivity index (χ1) is 13.3. The highest BCUT2D eigenvalue weighted by molar-refractivity contribution is 5.58. The van der Waals surface area contributed by atoms with E-state index < -0.39 is 0 Å². The van der Waals surface area contributed by atoms with E-state index in [1.807, 2.05) is 6.07 Å². The van der Waals surface area contributed by atoms with E-state index in [9.17, 15) is 4.39 Å². The van der Waals surface area contributed by atoms with Gasteiger partial charge < -0.3 is 4.74 Å². The van der Waals surface area contributed by atoms with Crippen molar-refractivity contribution in [3.63, 3.8) is 0 Å². The quantitative estimate of drug-likeness (QED) is 0.689. The molecule has 1 saturated heterocycles. The van der Waals surface area contributed by atoms with Crippen LogP contribution in [0.5, 0.6) is 0 Å². The maximum Gasteiger partial charge on any atom is 0.132 e. The first-order valence-corrected chi connectivity index (χ1v) is 9.24. The molecule has 1 atom stereocenters. The van der Waals surface area contributed by atoms with Gasteiger partial charge in [0.1, 0.15) is 11.9 Å². The standard InChI is InChI=1S/C22H22FN3O/c23-19-9-5-4-8-18(19)20-14-24-15-21(25-20)22-16-26(12-13-27-22)11-10-17-6-2-1-3-7-17/h1-9,14-15,22H,10-13,16H2/t22-/m0/s1. The lowest BCUT2D eigenvalue weighted by atomic mass is 10.1. The maximum atomic E-state index is 14.1. The molecule has 2 aromatic carbocycles. The Morgan fingerprint density at radius 1 is 1.04 bits per heavy atom. The number of morpholine rings is 1. The molecule has 0 saturated carbocycles. The molecular formula is C22H22FN3O. The normalized spacial score (nSPS) is 17.7. The van der Waals surface area contributed by atoms with Crippen molar-refractivity contribution in [1.82, 2.24) is 14.9 Å². The van der Waals surface area contributed by atoms with E-state index in [2.05, 4.69) is 39.1 Å². The number of ether oxygens (including phenoxy) is 1. The lowest BCUT2D eigenvalue weighted by Crippen LogP contribution is -2.39. The van der Waals surface area contributed by atoms with Gasteiger partial charge >= 0.3 is 0 Å². The second-order valence-corrected chi connectivity index (χ2v) is 6.70. The highest BCUT2D eigenvalue weighted by Gasteiger charge is 2.23. The van der Waals surface area contributed by atoms with Crippen LogP contribution in [-0.4, -0.2) is 41.1 Å². The van der Waals surface area contributed by atoms with Gasteiger partial charge in [-0.2, -0.15) is 0 Å². The molecule has 1 aliphatic rings. The summed E-state index contributed by atoms with van der Waals surface area (Å²) in [5.74, 6) is -0.294. The molecule has 27 heavy (non-hydrogen) atoms. The third-order valence-electron chi connectivity index (χ3n) is 4.84. The molecule has 2 heterocycles. The fourth-order valence-electron chi connectivity index (χ4n) is 3.35. The summed E-state index contributed by atoms with van der Waals surface area (Å²) in [5, 5.41) is 0. The van der Waals surface area contributed by atoms with Gasteiger partial charge in [-0.05, 0) is 24.1 Å². The third-order valence-corrected chi connectivity index (χ3v) is 4.84. The predicted molar refractivity (Wildman–Crippen MR) is 103 cm³/mol. The van der Waals surface area contributed by atoms with Crippen molar-refractivity contribution in [2.24, 2.45) is 0 Å². The Labute approximate surface area is 158 Å². The van der Waals surface area contributed by atoms with Crippen LogP contribution in [0.1, 0.15) is 17.4 Å². The molecular weight excluding hydrogens is 341 g/mol. The van der Waals surface area contributed by atoms with Crippen LogP contribution >= 0.6 is 0 Å². The number of aromatic nitrogens is 2. The van der Waals surface area contributed by atoms with Gasteiger partial charge in [-0.25, -0.2) is 9.37 Å². The van der Waals surface area contributed by atoms with Crippen LogP contribution in [0.25, 0.3) is 11.3 Å². The smallest absolute Gasteiger partial charge is 0.132 e. The van der Waals surface area contributed by atoms with Gasteiger partial charge in [-0.1, -0.05) is 42.5 Å². The number of hydrogen-bond acceptors (Lipinski definition) is 4. The fraction of sp³-hybridized carbons (Fsp3) is 0.273. The number of rotatable bonds is 5. The molecule has 0 unspecified atom stereocenters. The molecule has 0 spiro atoms. The Bertz CT molecular complexity index is 887. The Morgan fingerprint density at radius 2 is 1.85 bits per heavy atom. The summed E-state index contributed by atoms with van der Waals surface area (Å²) in [6, 6.07) is 17.1. The summed E-state index contributed by atoms with van der Waals surface area (Å²) in [5.41, 5.74) is 3.08. The first-order valence-electron chi connectivity index (χ1n) is 9.24. The Kier molecular flexibility index (Phi) is 5.51. The fourth-order valence-corrected chi connectivity index (χ4v) is 3.35. The van der Waals surface area contributed by atoms with Crippen molar-refractivity contribution in [2.45, 2.75) is 12.5 Å². The van der Waals surface area contributed by atoms with Crippen LogP contribution in [0.2, 0.25) is 0 Å². The molecule has 0 N–H and O–H groups in total. The zero-order valence-corrected chi connectivity index (χ0v) is 15.1. The maximum absolute atomic E-state index is 14.1. The Hall–Kier alpha value is -2.63. The molecule has 1 aromatic heterocycles. The molecule has 0 bridgehead atoms. The largest absolute Gasteiger partial charge is 0.369 e. The molecule has 1 fully saturated rings. The molecule has 1 aliphatic heterocycles. The Morgan fingerprint density at radius 3 is 2.70 bits per heavy atom. The highest BCUT2D eigenvalue weighted by atomic mass is 19.1. The van der Waals surface area contributed by atoms with E-state index in [4.69, 9.17) is 4.74 Å². The van der Waals surface area contributed by atoms with E-state index in [1.54, 1.807) is 30.6 Å². The number of nitrogens with zero attached hydrogens (tertiary/aromatic N) is 3. The summed E-state index contributed by atoms with van der Waals surface area (Å²) in [7, 11) is 0. The van der Waals surface area contributed by atoms with E-state index in [0.29, 0.717) is 17.9 Å². The molecule has 0 aliphatic carbocycles. The van der Waals surface area contributed by atoms with Gasteiger partial charge in [0.25, 0.3) is 0 Å². The Balaban J connectivity index is 1.45. The summed E-state index contributed by atoms with van der Waals surface area (Å²) in [6.07, 6.45) is 4.18. The molecule has 5 heteroatoms. The zero-order chi connectivity index (χ0) is 18.5. The lowest BCUT2D eigenvalue weighted by Gasteiger charge is -2.32. The minimum atomic E-state index is -0.294. The summed E-state index contributed by atoms with van der Waals surface area (Å²) >= 11 is 0. The summed E-state index contributed by atoms with van der Waals surface area (Å²) < 4.78 is 20.0. The summed E-state index contributed by atoms with van der Waals surface area (Å²) in [4.78, 5) is 11.3. The van der Waals surface area contributed by atoms with Crippen LogP contribution in [-0.2, 0) is 11.2 Å².